The lowest BCUT2D eigenvalue weighted by Gasteiger charge is -2.16. The number of hydrogen-bond donors (Lipinski definition) is 1. The second-order valence-electron chi connectivity index (χ2n) is 4.74. The van der Waals surface area contributed by atoms with Crippen molar-refractivity contribution < 1.29 is 9.90 Å². The third-order valence-corrected chi connectivity index (χ3v) is 3.14. The minimum atomic E-state index is -0.481. The second-order valence-corrected chi connectivity index (χ2v) is 4.74. The predicted octanol–water partition coefficient (Wildman–Crippen LogP) is 3.88. The maximum absolute atomic E-state index is 11.8. The van der Waals surface area contributed by atoms with Crippen LogP contribution in [0.25, 0.3) is 0 Å². The summed E-state index contributed by atoms with van der Waals surface area (Å²) in [6, 6.07) is 0. The fourth-order valence-corrected chi connectivity index (χ4v) is 1.79. The van der Waals surface area contributed by atoms with Crippen LogP contribution in [0.5, 0.6) is 0 Å². The lowest BCUT2D eigenvalue weighted by Crippen LogP contribution is -2.25. The Balaban J connectivity index is 3.81. The molecular weight excluding hydrogens is 212 g/mol. The lowest BCUT2D eigenvalue weighted by atomic mass is 9.93. The smallest absolute Gasteiger partial charge is 0.138 e. The van der Waals surface area contributed by atoms with Gasteiger partial charge < -0.3 is 5.11 Å². The summed E-state index contributed by atoms with van der Waals surface area (Å²) in [5, 5.41) is 9.89. The number of hydrogen-bond acceptors (Lipinski definition) is 2. The summed E-state index contributed by atoms with van der Waals surface area (Å²) in [7, 11) is 0. The van der Waals surface area contributed by atoms with Gasteiger partial charge in [-0.2, -0.15) is 0 Å². The van der Waals surface area contributed by atoms with Gasteiger partial charge in [0.25, 0.3) is 0 Å². The highest BCUT2D eigenvalue weighted by Crippen LogP contribution is 2.14. The van der Waals surface area contributed by atoms with Gasteiger partial charge in [0.15, 0.2) is 0 Å². The maximum atomic E-state index is 11.8. The quantitative estimate of drug-likeness (QED) is 0.465. The first-order chi connectivity index (χ1) is 8.13. The minimum absolute atomic E-state index is 0.207. The molecule has 0 aromatic rings. The van der Waals surface area contributed by atoms with Crippen molar-refractivity contribution in [3.63, 3.8) is 0 Å². The number of carbonyl (C=O) groups is 1. The summed E-state index contributed by atoms with van der Waals surface area (Å²) in [6.45, 7) is 6.07. The molecule has 17 heavy (non-hydrogen) atoms. The van der Waals surface area contributed by atoms with E-state index in [9.17, 15) is 9.90 Å². The monoisotopic (exact) mass is 240 g/mol. The average Bonchev–Trinajstić information content (AvgIpc) is 2.33. The summed E-state index contributed by atoms with van der Waals surface area (Å²) < 4.78 is 0. The number of ketones is 1. The number of carbonyl (C=O) groups excluding carboxylic acids is 1. The number of aliphatic hydroxyl groups is 1. The Hall–Kier alpha value is -0.630. The van der Waals surface area contributed by atoms with Gasteiger partial charge >= 0.3 is 0 Å². The van der Waals surface area contributed by atoms with E-state index in [0.29, 0.717) is 12.8 Å². The molecule has 0 spiro atoms. The molecule has 0 bridgehead atoms. The van der Waals surface area contributed by atoms with Gasteiger partial charge in [0.1, 0.15) is 5.78 Å². The van der Waals surface area contributed by atoms with Gasteiger partial charge in [-0.1, -0.05) is 45.8 Å². The highest BCUT2D eigenvalue weighted by Gasteiger charge is 2.20. The van der Waals surface area contributed by atoms with Crippen molar-refractivity contribution in [2.24, 2.45) is 5.92 Å². The minimum Gasteiger partial charge on any atom is -0.392 e. The van der Waals surface area contributed by atoms with Crippen LogP contribution in [0, 0.1) is 5.92 Å². The van der Waals surface area contributed by atoms with Crippen LogP contribution in [-0.2, 0) is 4.79 Å². The number of aliphatic hydroxyl groups excluding tert-OH is 1. The SMILES string of the molecule is CC/C=C/CC[C@H](O)[C@@H](C)C(=O)CCCCC. The van der Waals surface area contributed by atoms with E-state index < -0.39 is 6.10 Å². The zero-order valence-corrected chi connectivity index (χ0v) is 11.6. The Bertz CT molecular complexity index is 221. The average molecular weight is 240 g/mol. The zero-order chi connectivity index (χ0) is 13.1. The van der Waals surface area contributed by atoms with E-state index in [0.717, 1.165) is 32.1 Å². The van der Waals surface area contributed by atoms with Crippen LogP contribution < -0.4 is 0 Å². The van der Waals surface area contributed by atoms with Crippen LogP contribution in [0.1, 0.15) is 65.7 Å². The Morgan fingerprint density at radius 2 is 1.94 bits per heavy atom. The predicted molar refractivity (Wildman–Crippen MR) is 73.0 cm³/mol. The molecule has 0 fully saturated rings. The first-order valence-corrected chi connectivity index (χ1v) is 6.99. The molecule has 100 valence electrons. The Kier molecular flexibility index (Phi) is 10.1. The fourth-order valence-electron chi connectivity index (χ4n) is 1.79. The first-order valence-electron chi connectivity index (χ1n) is 6.99. The summed E-state index contributed by atoms with van der Waals surface area (Å²) >= 11 is 0. The van der Waals surface area contributed by atoms with Crippen molar-refractivity contribution in [2.75, 3.05) is 0 Å². The van der Waals surface area contributed by atoms with Gasteiger partial charge in [0, 0.05) is 12.3 Å². The van der Waals surface area contributed by atoms with Crippen molar-refractivity contribution >= 4 is 5.78 Å². The standard InChI is InChI=1S/C15H28O2/c1-4-6-8-10-12-15(17)13(3)14(16)11-9-7-5-2/h6,8,13,15,17H,4-5,7,9-12H2,1-3H3/b8-6+/t13-,15-/m0/s1. The topological polar surface area (TPSA) is 37.3 Å². The molecule has 0 saturated heterocycles. The molecule has 0 radical (unpaired) electrons. The van der Waals surface area contributed by atoms with E-state index in [-0.39, 0.29) is 11.7 Å². The Morgan fingerprint density at radius 3 is 2.53 bits per heavy atom. The van der Waals surface area contributed by atoms with E-state index >= 15 is 0 Å². The molecule has 0 unspecified atom stereocenters. The van der Waals surface area contributed by atoms with Crippen molar-refractivity contribution in [3.8, 4) is 0 Å². The van der Waals surface area contributed by atoms with Gasteiger partial charge in [-0.3, -0.25) is 4.79 Å². The van der Waals surface area contributed by atoms with E-state index in [2.05, 4.69) is 26.0 Å². The summed E-state index contributed by atoms with van der Waals surface area (Å²) in [6.07, 6.45) is 10.1. The molecule has 0 aromatic heterocycles. The van der Waals surface area contributed by atoms with E-state index in [1.165, 1.54) is 0 Å². The molecule has 2 heteroatoms. The first kappa shape index (κ1) is 16.4. The van der Waals surface area contributed by atoms with Crippen molar-refractivity contribution in [1.29, 1.82) is 0 Å². The van der Waals surface area contributed by atoms with Crippen molar-refractivity contribution in [3.05, 3.63) is 12.2 Å². The number of Topliss-reactive ketones (excluding diaryl/α,β-unsaturated/α-hetero) is 1. The third-order valence-electron chi connectivity index (χ3n) is 3.14. The zero-order valence-electron chi connectivity index (χ0n) is 11.6. The second kappa shape index (κ2) is 10.5. The summed E-state index contributed by atoms with van der Waals surface area (Å²) in [5.74, 6) is 0.00676. The third kappa shape index (κ3) is 8.14. The number of allylic oxidation sites excluding steroid dienone is 2. The molecule has 0 amide bonds. The van der Waals surface area contributed by atoms with Crippen LogP contribution in [0.4, 0.5) is 0 Å². The van der Waals surface area contributed by atoms with Crippen LogP contribution in [0.2, 0.25) is 0 Å². The van der Waals surface area contributed by atoms with Crippen molar-refractivity contribution in [1.82, 2.24) is 0 Å². The van der Waals surface area contributed by atoms with Crippen LogP contribution >= 0.6 is 0 Å². The summed E-state index contributed by atoms with van der Waals surface area (Å²) in [5.41, 5.74) is 0. The molecule has 0 aliphatic heterocycles. The van der Waals surface area contributed by atoms with Crippen LogP contribution in [-0.4, -0.2) is 17.0 Å². The number of rotatable bonds is 10. The molecule has 0 aliphatic carbocycles. The van der Waals surface area contributed by atoms with Crippen molar-refractivity contribution in [2.45, 2.75) is 71.8 Å². The van der Waals surface area contributed by atoms with Crippen LogP contribution in [0.3, 0.4) is 0 Å². The van der Waals surface area contributed by atoms with Gasteiger partial charge in [0.05, 0.1) is 6.10 Å². The maximum Gasteiger partial charge on any atom is 0.138 e. The van der Waals surface area contributed by atoms with E-state index in [1.54, 1.807) is 0 Å². The highest BCUT2D eigenvalue weighted by atomic mass is 16.3. The highest BCUT2D eigenvalue weighted by molar-refractivity contribution is 5.81. The largest absolute Gasteiger partial charge is 0.392 e. The fraction of sp³-hybridized carbons (Fsp3) is 0.800. The van der Waals surface area contributed by atoms with E-state index in [1.807, 2.05) is 6.92 Å². The Morgan fingerprint density at radius 1 is 1.24 bits per heavy atom. The molecule has 2 nitrogen and oxygen atoms in total. The molecular formula is C15H28O2. The molecule has 1 N–H and O–H groups in total. The number of unbranched alkanes of at least 4 members (excludes halogenated alkanes) is 2. The molecule has 0 heterocycles. The van der Waals surface area contributed by atoms with Gasteiger partial charge in [-0.15, -0.1) is 0 Å². The molecule has 0 aromatic carbocycles. The normalized spacial score (nSPS) is 15.1. The lowest BCUT2D eigenvalue weighted by molar-refractivity contribution is -0.125. The summed E-state index contributed by atoms with van der Waals surface area (Å²) in [4.78, 5) is 11.8. The molecule has 0 rings (SSSR count). The van der Waals surface area contributed by atoms with Gasteiger partial charge in [-0.05, 0) is 25.7 Å². The molecule has 0 saturated carbocycles. The van der Waals surface area contributed by atoms with Crippen LogP contribution in [0.15, 0.2) is 12.2 Å². The van der Waals surface area contributed by atoms with Gasteiger partial charge in [0.2, 0.25) is 0 Å². The molecule has 0 aliphatic rings. The molecule has 2 atom stereocenters. The Labute approximate surface area is 106 Å². The van der Waals surface area contributed by atoms with Gasteiger partial charge in [-0.25, -0.2) is 0 Å². The van der Waals surface area contributed by atoms with E-state index in [4.69, 9.17) is 0 Å².